The number of hydrogen-bond acceptors (Lipinski definition) is 3. The molecule has 102 valence electrons. The van der Waals surface area contributed by atoms with Gasteiger partial charge in [-0.25, -0.2) is 0 Å². The van der Waals surface area contributed by atoms with Gasteiger partial charge in [0.25, 0.3) is 0 Å². The quantitative estimate of drug-likeness (QED) is 0.828. The number of benzene rings is 1. The number of pyridine rings is 1. The molecule has 0 radical (unpaired) electrons. The zero-order valence-corrected chi connectivity index (χ0v) is 11.7. The smallest absolute Gasteiger partial charge is 0.0615 e. The number of hydrogen-bond donors (Lipinski definition) is 1. The molecule has 1 N–H and O–H groups in total. The summed E-state index contributed by atoms with van der Waals surface area (Å²) in [5, 5.41) is 6.06. The molecule has 1 aromatic carbocycles. The normalized spacial score (nSPS) is 12.7. The third-order valence-electron chi connectivity index (χ3n) is 3.36. The summed E-state index contributed by atoms with van der Waals surface area (Å²) >= 11 is 0. The van der Waals surface area contributed by atoms with Crippen LogP contribution in [-0.2, 0) is 11.3 Å². The Balaban J connectivity index is 2.08. The Hall–Kier alpha value is -1.45. The van der Waals surface area contributed by atoms with Crippen molar-refractivity contribution in [1.82, 2.24) is 10.3 Å². The fourth-order valence-corrected chi connectivity index (χ4v) is 2.39. The van der Waals surface area contributed by atoms with Gasteiger partial charge in [-0.05, 0) is 23.4 Å². The van der Waals surface area contributed by atoms with Crippen molar-refractivity contribution < 1.29 is 4.74 Å². The fraction of sp³-hybridized carbons (Fsp3) is 0.438. The van der Waals surface area contributed by atoms with E-state index in [0.717, 1.165) is 19.6 Å². The molecule has 0 bridgehead atoms. The van der Waals surface area contributed by atoms with Gasteiger partial charge >= 0.3 is 0 Å². The SMILES string of the molecule is CCCC(COC)NCc1cccc2cnccc12. The molecule has 19 heavy (non-hydrogen) atoms. The van der Waals surface area contributed by atoms with Crippen LogP contribution in [0.5, 0.6) is 0 Å². The molecule has 2 aromatic rings. The number of nitrogens with one attached hydrogen (secondary N) is 1. The highest BCUT2D eigenvalue weighted by atomic mass is 16.5. The Bertz CT molecular complexity index is 502. The Kier molecular flexibility index (Phi) is 5.31. The molecule has 3 heteroatoms. The fourth-order valence-electron chi connectivity index (χ4n) is 2.39. The molecule has 3 nitrogen and oxygen atoms in total. The molecule has 1 unspecified atom stereocenters. The van der Waals surface area contributed by atoms with Gasteiger partial charge in [0.1, 0.15) is 0 Å². The van der Waals surface area contributed by atoms with E-state index >= 15 is 0 Å². The van der Waals surface area contributed by atoms with E-state index in [9.17, 15) is 0 Å². The van der Waals surface area contributed by atoms with Crippen LogP contribution in [0.3, 0.4) is 0 Å². The number of methoxy groups -OCH3 is 1. The van der Waals surface area contributed by atoms with Crippen LogP contribution >= 0.6 is 0 Å². The summed E-state index contributed by atoms with van der Waals surface area (Å²) in [6, 6.07) is 8.87. The maximum Gasteiger partial charge on any atom is 0.0615 e. The topological polar surface area (TPSA) is 34.1 Å². The van der Waals surface area contributed by atoms with Crippen LogP contribution in [0.4, 0.5) is 0 Å². The van der Waals surface area contributed by atoms with Crippen molar-refractivity contribution in [3.8, 4) is 0 Å². The number of ether oxygens (including phenoxy) is 1. The van der Waals surface area contributed by atoms with E-state index in [2.05, 4.69) is 41.5 Å². The summed E-state index contributed by atoms with van der Waals surface area (Å²) in [5.41, 5.74) is 1.32. The minimum atomic E-state index is 0.423. The molecule has 0 saturated heterocycles. The largest absolute Gasteiger partial charge is 0.383 e. The van der Waals surface area contributed by atoms with Gasteiger partial charge in [0.15, 0.2) is 0 Å². The highest BCUT2D eigenvalue weighted by Gasteiger charge is 2.07. The standard InChI is InChI=1S/C16H22N2O/c1-3-5-15(12-19-2)18-11-14-7-4-6-13-10-17-9-8-16(13)14/h4,6-10,15,18H,3,5,11-12H2,1-2H3. The lowest BCUT2D eigenvalue weighted by Crippen LogP contribution is -2.32. The van der Waals surface area contributed by atoms with E-state index < -0.39 is 0 Å². The van der Waals surface area contributed by atoms with Gasteiger partial charge in [0.2, 0.25) is 0 Å². The predicted octanol–water partition coefficient (Wildman–Crippen LogP) is 3.14. The Morgan fingerprint density at radius 2 is 2.21 bits per heavy atom. The average molecular weight is 258 g/mol. The second-order valence-corrected chi connectivity index (χ2v) is 4.84. The molecule has 1 aromatic heterocycles. The highest BCUT2D eigenvalue weighted by Crippen LogP contribution is 2.17. The van der Waals surface area contributed by atoms with Gasteiger partial charge in [-0.3, -0.25) is 4.98 Å². The van der Waals surface area contributed by atoms with Crippen molar-refractivity contribution >= 4 is 10.8 Å². The number of rotatable bonds is 7. The molecule has 0 spiro atoms. The van der Waals surface area contributed by atoms with Gasteiger partial charge in [0, 0.05) is 37.5 Å². The minimum absolute atomic E-state index is 0.423. The lowest BCUT2D eigenvalue weighted by atomic mass is 10.1. The monoisotopic (exact) mass is 258 g/mol. The third kappa shape index (κ3) is 3.75. The van der Waals surface area contributed by atoms with Crippen molar-refractivity contribution in [2.45, 2.75) is 32.4 Å². The average Bonchev–Trinajstić information content (AvgIpc) is 2.45. The second-order valence-electron chi connectivity index (χ2n) is 4.84. The zero-order chi connectivity index (χ0) is 13.5. The molecule has 1 atom stereocenters. The van der Waals surface area contributed by atoms with Crippen LogP contribution in [0.15, 0.2) is 36.7 Å². The Morgan fingerprint density at radius 3 is 3.00 bits per heavy atom. The first-order chi connectivity index (χ1) is 9.35. The lowest BCUT2D eigenvalue weighted by molar-refractivity contribution is 0.161. The Labute approximate surface area is 115 Å². The second kappa shape index (κ2) is 7.22. The van der Waals surface area contributed by atoms with Gasteiger partial charge in [-0.15, -0.1) is 0 Å². The summed E-state index contributed by atoms with van der Waals surface area (Å²) < 4.78 is 5.26. The van der Waals surface area contributed by atoms with Crippen LogP contribution in [0, 0.1) is 0 Å². The third-order valence-corrected chi connectivity index (χ3v) is 3.36. The van der Waals surface area contributed by atoms with Gasteiger partial charge < -0.3 is 10.1 Å². The van der Waals surface area contributed by atoms with Crippen LogP contribution < -0.4 is 5.32 Å². The first-order valence-corrected chi connectivity index (χ1v) is 6.89. The molecule has 2 rings (SSSR count). The van der Waals surface area contributed by atoms with Gasteiger partial charge in [-0.1, -0.05) is 31.5 Å². The van der Waals surface area contributed by atoms with Crippen LogP contribution in [-0.4, -0.2) is 24.7 Å². The summed E-state index contributed by atoms with van der Waals surface area (Å²) in [5.74, 6) is 0. The molecule has 1 heterocycles. The van der Waals surface area contributed by atoms with E-state index in [1.807, 2.05) is 12.4 Å². The minimum Gasteiger partial charge on any atom is -0.383 e. The van der Waals surface area contributed by atoms with E-state index in [1.54, 1.807) is 7.11 Å². The van der Waals surface area contributed by atoms with Crippen LogP contribution in [0.2, 0.25) is 0 Å². The van der Waals surface area contributed by atoms with Gasteiger partial charge in [-0.2, -0.15) is 0 Å². The molecular weight excluding hydrogens is 236 g/mol. The van der Waals surface area contributed by atoms with Crippen molar-refractivity contribution in [1.29, 1.82) is 0 Å². The summed E-state index contributed by atoms with van der Waals surface area (Å²) in [4.78, 5) is 4.17. The molecule has 0 aliphatic heterocycles. The van der Waals surface area contributed by atoms with E-state index in [4.69, 9.17) is 4.74 Å². The van der Waals surface area contributed by atoms with Crippen molar-refractivity contribution in [3.05, 3.63) is 42.2 Å². The first kappa shape index (κ1) is 14.0. The highest BCUT2D eigenvalue weighted by molar-refractivity contribution is 5.84. The van der Waals surface area contributed by atoms with Crippen LogP contribution in [0.1, 0.15) is 25.3 Å². The predicted molar refractivity (Wildman–Crippen MR) is 79.2 cm³/mol. The Morgan fingerprint density at radius 1 is 1.32 bits per heavy atom. The first-order valence-electron chi connectivity index (χ1n) is 6.89. The maximum atomic E-state index is 5.26. The van der Waals surface area contributed by atoms with E-state index in [-0.39, 0.29) is 0 Å². The molecule has 0 aliphatic carbocycles. The number of aromatic nitrogens is 1. The molecular formula is C16H22N2O. The van der Waals surface area contributed by atoms with Crippen LogP contribution in [0.25, 0.3) is 10.8 Å². The van der Waals surface area contributed by atoms with Crippen molar-refractivity contribution in [3.63, 3.8) is 0 Å². The summed E-state index contributed by atoms with van der Waals surface area (Å²) in [6.45, 7) is 3.84. The maximum absolute atomic E-state index is 5.26. The molecule has 0 aliphatic rings. The lowest BCUT2D eigenvalue weighted by Gasteiger charge is -2.17. The number of nitrogens with zero attached hydrogens (tertiary/aromatic N) is 1. The van der Waals surface area contributed by atoms with Crippen molar-refractivity contribution in [2.24, 2.45) is 0 Å². The van der Waals surface area contributed by atoms with Crippen molar-refractivity contribution in [2.75, 3.05) is 13.7 Å². The molecule has 0 saturated carbocycles. The summed E-state index contributed by atoms with van der Waals surface area (Å²) in [7, 11) is 1.76. The summed E-state index contributed by atoms with van der Waals surface area (Å²) in [6.07, 6.45) is 6.07. The number of fused-ring (bicyclic) bond motifs is 1. The molecule has 0 fully saturated rings. The van der Waals surface area contributed by atoms with E-state index in [0.29, 0.717) is 6.04 Å². The van der Waals surface area contributed by atoms with Gasteiger partial charge in [0.05, 0.1) is 6.61 Å². The van der Waals surface area contributed by atoms with E-state index in [1.165, 1.54) is 22.8 Å². The molecule has 0 amide bonds. The zero-order valence-electron chi connectivity index (χ0n) is 11.7.